The second kappa shape index (κ2) is 6.96. The summed E-state index contributed by atoms with van der Waals surface area (Å²) in [6.07, 6.45) is 12.8. The van der Waals surface area contributed by atoms with Gasteiger partial charge in [0, 0.05) is 6.54 Å². The summed E-state index contributed by atoms with van der Waals surface area (Å²) in [6.45, 7) is 3.28. The molecule has 76 valence electrons. The quantitative estimate of drug-likeness (QED) is 0.616. The summed E-state index contributed by atoms with van der Waals surface area (Å²) >= 11 is 0. The summed E-state index contributed by atoms with van der Waals surface area (Å²) < 4.78 is 0. The molecule has 2 N–H and O–H groups in total. The maximum Gasteiger partial charge on any atom is 0.0765 e. The van der Waals surface area contributed by atoms with Gasteiger partial charge in [-0.2, -0.15) is 0 Å². The Hall–Kier alpha value is -0.500. The molecule has 0 saturated heterocycles. The van der Waals surface area contributed by atoms with Crippen molar-refractivity contribution in [1.29, 1.82) is 0 Å². The molecule has 0 amide bonds. The summed E-state index contributed by atoms with van der Waals surface area (Å²) in [5.41, 5.74) is 0. The van der Waals surface area contributed by atoms with Crippen LogP contribution in [0.2, 0.25) is 0 Å². The first kappa shape index (κ1) is 10.6. The molecule has 0 radical (unpaired) electrons. The lowest BCUT2D eigenvalue weighted by molar-refractivity contribution is 0.424. The molecular formula is C11H22N2. The Labute approximate surface area is 81.8 Å². The molecule has 13 heavy (non-hydrogen) atoms. The molecule has 2 nitrogen and oxygen atoms in total. The van der Waals surface area contributed by atoms with Crippen LogP contribution in [0.25, 0.3) is 0 Å². The third-order valence-corrected chi connectivity index (χ3v) is 2.49. The van der Waals surface area contributed by atoms with Crippen LogP contribution in [0.15, 0.2) is 12.3 Å². The highest BCUT2D eigenvalue weighted by molar-refractivity contribution is 4.90. The first-order valence-corrected chi connectivity index (χ1v) is 5.58. The zero-order valence-electron chi connectivity index (χ0n) is 8.68. The Morgan fingerprint density at radius 2 is 2.08 bits per heavy atom. The first-order chi connectivity index (χ1) is 6.43. The van der Waals surface area contributed by atoms with E-state index in [0.717, 1.165) is 6.54 Å². The molecule has 0 fully saturated rings. The monoisotopic (exact) mass is 182 g/mol. The number of nitrogens with one attached hydrogen (secondary N) is 2. The fraction of sp³-hybridized carbons (Fsp3) is 0.818. The molecule has 0 bridgehead atoms. The molecule has 0 aromatic carbocycles. The number of hydrogen-bond donors (Lipinski definition) is 2. The zero-order chi connectivity index (χ0) is 9.36. The van der Waals surface area contributed by atoms with Crippen molar-refractivity contribution in [2.75, 3.05) is 6.54 Å². The van der Waals surface area contributed by atoms with E-state index in [1.54, 1.807) is 0 Å². The first-order valence-electron chi connectivity index (χ1n) is 5.58. The highest BCUT2D eigenvalue weighted by atomic mass is 15.1. The van der Waals surface area contributed by atoms with Gasteiger partial charge >= 0.3 is 0 Å². The smallest absolute Gasteiger partial charge is 0.0765 e. The molecule has 0 saturated carbocycles. The largest absolute Gasteiger partial charge is 0.376 e. The molecule has 1 aliphatic heterocycles. The fourth-order valence-corrected chi connectivity index (χ4v) is 1.65. The SMILES string of the molecule is CCCCCCCC1NC=CCN1. The van der Waals surface area contributed by atoms with Crippen LogP contribution >= 0.6 is 0 Å². The van der Waals surface area contributed by atoms with Gasteiger partial charge in [0.05, 0.1) is 6.17 Å². The molecule has 1 heterocycles. The van der Waals surface area contributed by atoms with Gasteiger partial charge in [0.25, 0.3) is 0 Å². The molecule has 2 heteroatoms. The van der Waals surface area contributed by atoms with Crippen LogP contribution in [0, 0.1) is 0 Å². The van der Waals surface area contributed by atoms with Gasteiger partial charge in [-0.1, -0.05) is 45.1 Å². The summed E-state index contributed by atoms with van der Waals surface area (Å²) in [5.74, 6) is 0. The van der Waals surface area contributed by atoms with E-state index in [9.17, 15) is 0 Å². The normalized spacial score (nSPS) is 21.5. The molecule has 1 unspecified atom stereocenters. The van der Waals surface area contributed by atoms with Gasteiger partial charge in [0.15, 0.2) is 0 Å². The van der Waals surface area contributed by atoms with E-state index < -0.39 is 0 Å². The van der Waals surface area contributed by atoms with Gasteiger partial charge in [-0.25, -0.2) is 0 Å². The van der Waals surface area contributed by atoms with Crippen LogP contribution in [-0.4, -0.2) is 12.7 Å². The molecule has 0 aromatic heterocycles. The van der Waals surface area contributed by atoms with Gasteiger partial charge in [0.1, 0.15) is 0 Å². The predicted molar refractivity (Wildman–Crippen MR) is 57.4 cm³/mol. The van der Waals surface area contributed by atoms with Crippen molar-refractivity contribution in [1.82, 2.24) is 10.6 Å². The number of rotatable bonds is 6. The van der Waals surface area contributed by atoms with E-state index in [1.807, 2.05) is 0 Å². The maximum atomic E-state index is 3.41. The minimum Gasteiger partial charge on any atom is -0.376 e. The molecule has 0 spiro atoms. The predicted octanol–water partition coefficient (Wildman–Crippen LogP) is 2.38. The van der Waals surface area contributed by atoms with Crippen LogP contribution in [0.3, 0.4) is 0 Å². The second-order valence-electron chi connectivity index (χ2n) is 3.73. The van der Waals surface area contributed by atoms with Crippen LogP contribution < -0.4 is 10.6 Å². The minimum atomic E-state index is 0.520. The topological polar surface area (TPSA) is 24.1 Å². The molecule has 1 rings (SSSR count). The van der Waals surface area contributed by atoms with Crippen LogP contribution in [0.5, 0.6) is 0 Å². The molecule has 1 aliphatic rings. The maximum absolute atomic E-state index is 3.41. The van der Waals surface area contributed by atoms with Gasteiger partial charge in [0.2, 0.25) is 0 Å². The van der Waals surface area contributed by atoms with Gasteiger partial charge in [-0.05, 0) is 12.6 Å². The molecule has 0 aromatic rings. The summed E-state index contributed by atoms with van der Waals surface area (Å²) in [6, 6.07) is 0. The number of hydrogen-bond acceptors (Lipinski definition) is 2. The van der Waals surface area contributed by atoms with Crippen LogP contribution in [-0.2, 0) is 0 Å². The van der Waals surface area contributed by atoms with E-state index in [4.69, 9.17) is 0 Å². The van der Waals surface area contributed by atoms with Crippen molar-refractivity contribution in [3.05, 3.63) is 12.3 Å². The Bertz CT molecular complexity index is 143. The zero-order valence-corrected chi connectivity index (χ0v) is 8.68. The summed E-state index contributed by atoms with van der Waals surface area (Å²) in [4.78, 5) is 0. The lowest BCUT2D eigenvalue weighted by Gasteiger charge is -2.21. The minimum absolute atomic E-state index is 0.520. The van der Waals surface area contributed by atoms with Crippen molar-refractivity contribution in [2.45, 2.75) is 51.6 Å². The molecule has 1 atom stereocenters. The average molecular weight is 182 g/mol. The van der Waals surface area contributed by atoms with E-state index >= 15 is 0 Å². The van der Waals surface area contributed by atoms with Gasteiger partial charge in [-0.15, -0.1) is 0 Å². The Morgan fingerprint density at radius 1 is 1.23 bits per heavy atom. The standard InChI is InChI=1S/C11H22N2/c1-2-3-4-5-6-8-11-12-9-7-10-13-11/h7,9,11-13H,2-6,8,10H2,1H3. The lowest BCUT2D eigenvalue weighted by atomic mass is 10.1. The molecular weight excluding hydrogens is 160 g/mol. The lowest BCUT2D eigenvalue weighted by Crippen LogP contribution is -2.42. The fourth-order valence-electron chi connectivity index (χ4n) is 1.65. The van der Waals surface area contributed by atoms with Crippen LogP contribution in [0.1, 0.15) is 45.4 Å². The Kier molecular flexibility index (Phi) is 5.66. The van der Waals surface area contributed by atoms with Crippen molar-refractivity contribution >= 4 is 0 Å². The van der Waals surface area contributed by atoms with Gasteiger partial charge in [-0.3, -0.25) is 5.32 Å². The summed E-state index contributed by atoms with van der Waals surface area (Å²) in [5, 5.41) is 6.73. The summed E-state index contributed by atoms with van der Waals surface area (Å²) in [7, 11) is 0. The number of unbranched alkanes of at least 4 members (excludes halogenated alkanes) is 4. The second-order valence-corrected chi connectivity index (χ2v) is 3.73. The van der Waals surface area contributed by atoms with E-state index in [0.29, 0.717) is 6.17 Å². The van der Waals surface area contributed by atoms with E-state index in [1.165, 1.54) is 38.5 Å². The highest BCUT2D eigenvalue weighted by Crippen LogP contribution is 2.06. The van der Waals surface area contributed by atoms with Crippen molar-refractivity contribution < 1.29 is 0 Å². The Morgan fingerprint density at radius 3 is 2.77 bits per heavy atom. The van der Waals surface area contributed by atoms with E-state index in [-0.39, 0.29) is 0 Å². The van der Waals surface area contributed by atoms with Gasteiger partial charge < -0.3 is 5.32 Å². The van der Waals surface area contributed by atoms with Crippen molar-refractivity contribution in [3.63, 3.8) is 0 Å². The Balaban J connectivity index is 1.90. The third-order valence-electron chi connectivity index (χ3n) is 2.49. The highest BCUT2D eigenvalue weighted by Gasteiger charge is 2.05. The molecule has 0 aliphatic carbocycles. The third kappa shape index (κ3) is 4.94. The van der Waals surface area contributed by atoms with E-state index in [2.05, 4.69) is 29.8 Å². The average Bonchev–Trinajstić information content (AvgIpc) is 2.19. The van der Waals surface area contributed by atoms with Crippen molar-refractivity contribution in [2.24, 2.45) is 0 Å². The van der Waals surface area contributed by atoms with Crippen molar-refractivity contribution in [3.8, 4) is 0 Å². The van der Waals surface area contributed by atoms with Crippen LogP contribution in [0.4, 0.5) is 0 Å².